The third kappa shape index (κ3) is 4.63. The Morgan fingerprint density at radius 1 is 1.27 bits per heavy atom. The van der Waals surface area contributed by atoms with E-state index in [1.165, 1.54) is 12.0 Å². The molecule has 0 aliphatic rings. The highest BCUT2D eigenvalue weighted by molar-refractivity contribution is 5.76. The molecule has 0 saturated heterocycles. The van der Waals surface area contributed by atoms with Crippen molar-refractivity contribution in [1.29, 1.82) is 0 Å². The summed E-state index contributed by atoms with van der Waals surface area (Å²) in [5.41, 5.74) is 2.46. The highest BCUT2D eigenvalue weighted by Gasteiger charge is 1.95. The Kier molecular flexibility index (Phi) is 4.88. The lowest BCUT2D eigenvalue weighted by Crippen LogP contribution is -2.05. The zero-order valence-electron chi connectivity index (χ0n) is 9.55. The first-order chi connectivity index (χ1) is 7.22. The lowest BCUT2D eigenvalue weighted by Gasteiger charge is -2.05. The molecule has 0 bridgehead atoms. The molecule has 1 aromatic carbocycles. The minimum Gasteiger partial charge on any atom is -0.385 e. The van der Waals surface area contributed by atoms with Gasteiger partial charge in [-0.1, -0.05) is 25.5 Å². The van der Waals surface area contributed by atoms with Crippen molar-refractivity contribution < 1.29 is 4.79 Å². The third-order valence-corrected chi connectivity index (χ3v) is 2.30. The van der Waals surface area contributed by atoms with Crippen LogP contribution >= 0.6 is 0 Å². The van der Waals surface area contributed by atoms with Gasteiger partial charge in [0.05, 0.1) is 0 Å². The minimum absolute atomic E-state index is 0.227. The molecular formula is C13H19NO. The van der Waals surface area contributed by atoms with E-state index < -0.39 is 0 Å². The number of hydrogen-bond acceptors (Lipinski definition) is 2. The van der Waals surface area contributed by atoms with E-state index in [9.17, 15) is 4.79 Å². The summed E-state index contributed by atoms with van der Waals surface area (Å²) < 4.78 is 0. The molecule has 0 fully saturated rings. The summed E-state index contributed by atoms with van der Waals surface area (Å²) in [6, 6.07) is 8.43. The molecule has 15 heavy (non-hydrogen) atoms. The van der Waals surface area contributed by atoms with E-state index in [0.717, 1.165) is 18.7 Å². The average molecular weight is 205 g/mol. The maximum Gasteiger partial charge on any atom is 0.131 e. The van der Waals surface area contributed by atoms with Crippen LogP contribution in [0.25, 0.3) is 0 Å². The van der Waals surface area contributed by atoms with Crippen LogP contribution in [0.3, 0.4) is 0 Å². The number of hydrogen-bond donors (Lipinski definition) is 1. The van der Waals surface area contributed by atoms with Crippen LogP contribution in [-0.2, 0) is 11.2 Å². The molecule has 0 heterocycles. The van der Waals surface area contributed by atoms with Crippen molar-refractivity contribution >= 4 is 11.5 Å². The van der Waals surface area contributed by atoms with Gasteiger partial charge in [-0.15, -0.1) is 0 Å². The van der Waals surface area contributed by atoms with E-state index in [-0.39, 0.29) is 5.78 Å². The molecule has 0 aliphatic heterocycles. The number of carbonyl (C=O) groups is 1. The molecule has 0 amide bonds. The summed E-state index contributed by atoms with van der Waals surface area (Å²) in [4.78, 5) is 10.7. The molecule has 2 nitrogen and oxygen atoms in total. The molecule has 0 atom stereocenters. The Balaban J connectivity index is 2.39. The van der Waals surface area contributed by atoms with Crippen LogP contribution in [0.4, 0.5) is 5.69 Å². The van der Waals surface area contributed by atoms with Gasteiger partial charge < -0.3 is 5.32 Å². The Morgan fingerprint density at radius 3 is 2.47 bits per heavy atom. The van der Waals surface area contributed by atoms with Gasteiger partial charge in [0, 0.05) is 18.7 Å². The van der Waals surface area contributed by atoms with E-state index in [1.807, 2.05) is 0 Å². The highest BCUT2D eigenvalue weighted by atomic mass is 16.1. The number of anilines is 1. The SMILES string of the molecule is CCCc1ccc(NCCC(C)=O)cc1. The van der Waals surface area contributed by atoms with Gasteiger partial charge in [-0.2, -0.15) is 0 Å². The van der Waals surface area contributed by atoms with Gasteiger partial charge in [-0.3, -0.25) is 4.79 Å². The van der Waals surface area contributed by atoms with E-state index in [0.29, 0.717) is 6.42 Å². The largest absolute Gasteiger partial charge is 0.385 e. The Bertz CT molecular complexity index is 303. The Labute approximate surface area is 91.7 Å². The smallest absolute Gasteiger partial charge is 0.131 e. The number of rotatable bonds is 6. The second kappa shape index (κ2) is 6.23. The maximum absolute atomic E-state index is 10.7. The number of ketones is 1. The Morgan fingerprint density at radius 2 is 1.93 bits per heavy atom. The molecule has 1 rings (SSSR count). The predicted molar refractivity (Wildman–Crippen MR) is 64.2 cm³/mol. The Hall–Kier alpha value is -1.31. The van der Waals surface area contributed by atoms with E-state index in [4.69, 9.17) is 0 Å². The number of nitrogens with one attached hydrogen (secondary N) is 1. The standard InChI is InChI=1S/C13H19NO/c1-3-4-12-5-7-13(8-6-12)14-10-9-11(2)15/h5-8,14H,3-4,9-10H2,1-2H3. The topological polar surface area (TPSA) is 29.1 Å². The molecule has 0 unspecified atom stereocenters. The number of carbonyl (C=O) groups excluding carboxylic acids is 1. The van der Waals surface area contributed by atoms with Crippen LogP contribution in [0.15, 0.2) is 24.3 Å². The number of aryl methyl sites for hydroxylation is 1. The summed E-state index contributed by atoms with van der Waals surface area (Å²) in [6.45, 7) is 4.52. The van der Waals surface area contributed by atoms with Gasteiger partial charge in [-0.25, -0.2) is 0 Å². The van der Waals surface area contributed by atoms with Gasteiger partial charge in [0.2, 0.25) is 0 Å². The fourth-order valence-corrected chi connectivity index (χ4v) is 1.46. The molecule has 2 heteroatoms. The summed E-state index contributed by atoms with van der Waals surface area (Å²) in [7, 11) is 0. The second-order valence-corrected chi connectivity index (χ2v) is 3.83. The summed E-state index contributed by atoms with van der Waals surface area (Å²) in [5.74, 6) is 0.227. The molecule has 82 valence electrons. The minimum atomic E-state index is 0.227. The van der Waals surface area contributed by atoms with Crippen molar-refractivity contribution in [2.75, 3.05) is 11.9 Å². The molecular weight excluding hydrogens is 186 g/mol. The van der Waals surface area contributed by atoms with Crippen molar-refractivity contribution in [3.05, 3.63) is 29.8 Å². The predicted octanol–water partition coefficient (Wildman–Crippen LogP) is 3.03. The van der Waals surface area contributed by atoms with E-state index in [1.54, 1.807) is 6.92 Å². The van der Waals surface area contributed by atoms with Crippen molar-refractivity contribution in [2.24, 2.45) is 0 Å². The summed E-state index contributed by atoms with van der Waals surface area (Å²) in [5, 5.41) is 3.22. The monoisotopic (exact) mass is 205 g/mol. The number of benzene rings is 1. The second-order valence-electron chi connectivity index (χ2n) is 3.83. The zero-order chi connectivity index (χ0) is 11.1. The first-order valence-electron chi connectivity index (χ1n) is 5.54. The average Bonchev–Trinajstić information content (AvgIpc) is 2.20. The van der Waals surface area contributed by atoms with Crippen LogP contribution in [-0.4, -0.2) is 12.3 Å². The lowest BCUT2D eigenvalue weighted by molar-refractivity contribution is -0.116. The number of Topliss-reactive ketones (excluding diaryl/α,β-unsaturated/α-hetero) is 1. The molecule has 0 saturated carbocycles. The summed E-state index contributed by atoms with van der Waals surface area (Å²) in [6.07, 6.45) is 2.90. The van der Waals surface area contributed by atoms with Crippen LogP contribution < -0.4 is 5.32 Å². The van der Waals surface area contributed by atoms with Gasteiger partial charge in [0.25, 0.3) is 0 Å². The van der Waals surface area contributed by atoms with Gasteiger partial charge in [0.1, 0.15) is 5.78 Å². The fraction of sp³-hybridized carbons (Fsp3) is 0.462. The molecule has 1 aromatic rings. The van der Waals surface area contributed by atoms with Crippen LogP contribution in [0.1, 0.15) is 32.3 Å². The van der Waals surface area contributed by atoms with Gasteiger partial charge in [-0.05, 0) is 31.0 Å². The van der Waals surface area contributed by atoms with Crippen molar-refractivity contribution in [2.45, 2.75) is 33.1 Å². The van der Waals surface area contributed by atoms with Crippen molar-refractivity contribution in [3.8, 4) is 0 Å². The normalized spacial score (nSPS) is 10.0. The van der Waals surface area contributed by atoms with Gasteiger partial charge in [0.15, 0.2) is 0 Å². The van der Waals surface area contributed by atoms with E-state index >= 15 is 0 Å². The molecule has 0 aliphatic carbocycles. The van der Waals surface area contributed by atoms with Crippen LogP contribution in [0.2, 0.25) is 0 Å². The fourth-order valence-electron chi connectivity index (χ4n) is 1.46. The van der Waals surface area contributed by atoms with Gasteiger partial charge >= 0.3 is 0 Å². The van der Waals surface area contributed by atoms with Crippen LogP contribution in [0, 0.1) is 0 Å². The quantitative estimate of drug-likeness (QED) is 0.773. The van der Waals surface area contributed by atoms with Crippen molar-refractivity contribution in [1.82, 2.24) is 0 Å². The molecule has 0 aromatic heterocycles. The highest BCUT2D eigenvalue weighted by Crippen LogP contribution is 2.10. The first-order valence-corrected chi connectivity index (χ1v) is 5.54. The third-order valence-electron chi connectivity index (χ3n) is 2.30. The van der Waals surface area contributed by atoms with E-state index in [2.05, 4.69) is 36.5 Å². The summed E-state index contributed by atoms with van der Waals surface area (Å²) >= 11 is 0. The zero-order valence-corrected chi connectivity index (χ0v) is 9.55. The molecule has 0 spiro atoms. The first kappa shape index (κ1) is 11.8. The van der Waals surface area contributed by atoms with Crippen molar-refractivity contribution in [3.63, 3.8) is 0 Å². The van der Waals surface area contributed by atoms with Crippen LogP contribution in [0.5, 0.6) is 0 Å². The lowest BCUT2D eigenvalue weighted by atomic mass is 10.1. The molecule has 1 N–H and O–H groups in total. The maximum atomic E-state index is 10.7. The molecule has 0 radical (unpaired) electrons.